The van der Waals surface area contributed by atoms with Gasteiger partial charge in [0.1, 0.15) is 0 Å². The first-order valence-electron chi connectivity index (χ1n) is 5.54. The van der Waals surface area contributed by atoms with E-state index in [1.54, 1.807) is 11.3 Å². The van der Waals surface area contributed by atoms with E-state index in [-0.39, 0.29) is 0 Å². The molecule has 0 unspecified atom stereocenters. The van der Waals surface area contributed by atoms with Crippen molar-refractivity contribution < 1.29 is 0 Å². The number of rotatable bonds is 5. The summed E-state index contributed by atoms with van der Waals surface area (Å²) in [6, 6.07) is 2.16. The van der Waals surface area contributed by atoms with E-state index in [4.69, 9.17) is 0 Å². The summed E-state index contributed by atoms with van der Waals surface area (Å²) in [6.07, 6.45) is 4.29. The Morgan fingerprint density at radius 1 is 1.44 bits per heavy atom. The van der Waals surface area contributed by atoms with Crippen molar-refractivity contribution in [2.45, 2.75) is 33.5 Å². The standard InChI is InChI=1S/C12H17N3S/c1-3-15-5-4-11(8-15)6-13-7-12-9-16-10(2)14-12/h4-5,8-9,13H,3,6-7H2,1-2H3. The van der Waals surface area contributed by atoms with Crippen molar-refractivity contribution in [3.63, 3.8) is 0 Å². The van der Waals surface area contributed by atoms with Crippen LogP contribution in [0.4, 0.5) is 0 Å². The zero-order valence-electron chi connectivity index (χ0n) is 9.73. The molecule has 0 aliphatic heterocycles. The van der Waals surface area contributed by atoms with Crippen LogP contribution in [-0.4, -0.2) is 9.55 Å². The van der Waals surface area contributed by atoms with Crippen LogP contribution >= 0.6 is 11.3 Å². The molecule has 2 aromatic rings. The highest BCUT2D eigenvalue weighted by molar-refractivity contribution is 7.09. The fourth-order valence-corrected chi connectivity index (χ4v) is 2.23. The number of nitrogens with one attached hydrogen (secondary N) is 1. The highest BCUT2D eigenvalue weighted by Gasteiger charge is 1.99. The molecule has 2 heterocycles. The topological polar surface area (TPSA) is 29.9 Å². The minimum atomic E-state index is 0.849. The highest BCUT2D eigenvalue weighted by Crippen LogP contribution is 2.08. The lowest BCUT2D eigenvalue weighted by molar-refractivity contribution is 0.678. The van der Waals surface area contributed by atoms with Crippen molar-refractivity contribution >= 4 is 11.3 Å². The summed E-state index contributed by atoms with van der Waals surface area (Å²) < 4.78 is 2.18. The number of thiazole rings is 1. The Morgan fingerprint density at radius 3 is 2.94 bits per heavy atom. The Labute approximate surface area is 100 Å². The Morgan fingerprint density at radius 2 is 2.31 bits per heavy atom. The average molecular weight is 235 g/mol. The van der Waals surface area contributed by atoms with Gasteiger partial charge in [-0.3, -0.25) is 0 Å². The third kappa shape index (κ3) is 2.93. The summed E-state index contributed by atoms with van der Waals surface area (Å²) in [5.41, 5.74) is 2.46. The third-order valence-electron chi connectivity index (χ3n) is 2.48. The van der Waals surface area contributed by atoms with Crippen LogP contribution < -0.4 is 5.32 Å². The second-order valence-electron chi connectivity index (χ2n) is 3.81. The molecule has 1 N–H and O–H groups in total. The van der Waals surface area contributed by atoms with Crippen molar-refractivity contribution in [2.75, 3.05) is 0 Å². The molecule has 0 saturated heterocycles. The maximum atomic E-state index is 4.41. The van der Waals surface area contributed by atoms with Gasteiger partial charge in [0.05, 0.1) is 10.7 Å². The van der Waals surface area contributed by atoms with Gasteiger partial charge < -0.3 is 9.88 Å². The zero-order valence-corrected chi connectivity index (χ0v) is 10.5. The fourth-order valence-electron chi connectivity index (χ4n) is 1.62. The molecular formula is C12H17N3S. The number of nitrogens with zero attached hydrogens (tertiary/aromatic N) is 2. The van der Waals surface area contributed by atoms with Crippen LogP contribution in [0.15, 0.2) is 23.8 Å². The molecule has 16 heavy (non-hydrogen) atoms. The van der Waals surface area contributed by atoms with E-state index >= 15 is 0 Å². The average Bonchev–Trinajstić information content (AvgIpc) is 2.88. The van der Waals surface area contributed by atoms with Crippen LogP contribution in [0, 0.1) is 6.92 Å². The minimum Gasteiger partial charge on any atom is -0.354 e. The summed E-state index contributed by atoms with van der Waals surface area (Å²) in [5.74, 6) is 0. The Bertz CT molecular complexity index is 445. The Kier molecular flexibility index (Phi) is 3.74. The number of hydrogen-bond donors (Lipinski definition) is 1. The second-order valence-corrected chi connectivity index (χ2v) is 4.87. The van der Waals surface area contributed by atoms with Crippen molar-refractivity contribution in [1.82, 2.24) is 14.9 Å². The second kappa shape index (κ2) is 5.27. The minimum absolute atomic E-state index is 0.849. The molecular weight excluding hydrogens is 218 g/mol. The van der Waals surface area contributed by atoms with Crippen molar-refractivity contribution in [3.05, 3.63) is 40.1 Å². The van der Waals surface area contributed by atoms with Gasteiger partial charge in [0.2, 0.25) is 0 Å². The van der Waals surface area contributed by atoms with Crippen LogP contribution in [0.25, 0.3) is 0 Å². The number of aryl methyl sites for hydroxylation is 2. The van der Waals surface area contributed by atoms with Crippen molar-refractivity contribution in [1.29, 1.82) is 0 Å². The van der Waals surface area contributed by atoms with Gasteiger partial charge in [-0.2, -0.15) is 0 Å². The van der Waals surface area contributed by atoms with E-state index in [0.29, 0.717) is 0 Å². The van der Waals surface area contributed by atoms with Gasteiger partial charge in [-0.25, -0.2) is 4.98 Å². The molecule has 3 nitrogen and oxygen atoms in total. The molecule has 0 amide bonds. The lowest BCUT2D eigenvalue weighted by Crippen LogP contribution is -2.12. The maximum Gasteiger partial charge on any atom is 0.0897 e. The number of hydrogen-bond acceptors (Lipinski definition) is 3. The number of aromatic nitrogens is 2. The molecule has 0 saturated carbocycles. The molecule has 4 heteroatoms. The van der Waals surface area contributed by atoms with E-state index in [0.717, 1.165) is 30.3 Å². The summed E-state index contributed by atoms with van der Waals surface area (Å²) in [6.45, 7) is 6.97. The van der Waals surface area contributed by atoms with Gasteiger partial charge in [-0.05, 0) is 25.5 Å². The lowest BCUT2D eigenvalue weighted by atomic mass is 10.3. The van der Waals surface area contributed by atoms with E-state index in [1.807, 2.05) is 6.92 Å². The Hall–Kier alpha value is -1.13. The van der Waals surface area contributed by atoms with Crippen LogP contribution in [0.1, 0.15) is 23.2 Å². The lowest BCUT2D eigenvalue weighted by Gasteiger charge is -2.00. The fraction of sp³-hybridized carbons (Fsp3) is 0.417. The van der Waals surface area contributed by atoms with Crippen LogP contribution in [0.3, 0.4) is 0 Å². The molecule has 0 aliphatic rings. The van der Waals surface area contributed by atoms with E-state index < -0.39 is 0 Å². The van der Waals surface area contributed by atoms with Crippen LogP contribution in [-0.2, 0) is 19.6 Å². The Balaban J connectivity index is 1.79. The summed E-state index contributed by atoms with van der Waals surface area (Å²) >= 11 is 1.70. The summed E-state index contributed by atoms with van der Waals surface area (Å²) in [5, 5.41) is 6.64. The molecule has 0 bridgehead atoms. The molecule has 2 rings (SSSR count). The normalized spacial score (nSPS) is 10.9. The largest absolute Gasteiger partial charge is 0.354 e. The van der Waals surface area contributed by atoms with E-state index in [9.17, 15) is 0 Å². The van der Waals surface area contributed by atoms with E-state index in [1.165, 1.54) is 5.56 Å². The predicted octanol–water partition coefficient (Wildman–Crippen LogP) is 2.56. The molecule has 0 spiro atoms. The molecule has 0 fully saturated rings. The molecule has 2 aromatic heterocycles. The quantitative estimate of drug-likeness (QED) is 0.863. The smallest absolute Gasteiger partial charge is 0.0897 e. The van der Waals surface area contributed by atoms with Crippen molar-refractivity contribution in [3.8, 4) is 0 Å². The van der Waals surface area contributed by atoms with Crippen molar-refractivity contribution in [2.24, 2.45) is 0 Å². The van der Waals surface area contributed by atoms with Gasteiger partial charge in [0, 0.05) is 37.4 Å². The first-order chi connectivity index (χ1) is 7.78. The third-order valence-corrected chi connectivity index (χ3v) is 3.30. The monoisotopic (exact) mass is 235 g/mol. The zero-order chi connectivity index (χ0) is 11.4. The SMILES string of the molecule is CCn1ccc(CNCc2csc(C)n2)c1. The first kappa shape index (κ1) is 11.4. The van der Waals surface area contributed by atoms with Crippen LogP contribution in [0.5, 0.6) is 0 Å². The molecule has 0 radical (unpaired) electrons. The van der Waals surface area contributed by atoms with Gasteiger partial charge >= 0.3 is 0 Å². The highest BCUT2D eigenvalue weighted by atomic mass is 32.1. The first-order valence-corrected chi connectivity index (χ1v) is 6.42. The maximum absolute atomic E-state index is 4.41. The van der Waals surface area contributed by atoms with E-state index in [2.05, 4.69) is 45.6 Å². The van der Waals surface area contributed by atoms with Gasteiger partial charge in [0.15, 0.2) is 0 Å². The van der Waals surface area contributed by atoms with Gasteiger partial charge in [-0.15, -0.1) is 11.3 Å². The summed E-state index contributed by atoms with van der Waals surface area (Å²) in [7, 11) is 0. The van der Waals surface area contributed by atoms with Crippen LogP contribution in [0.2, 0.25) is 0 Å². The van der Waals surface area contributed by atoms with Gasteiger partial charge in [-0.1, -0.05) is 0 Å². The molecule has 0 aliphatic carbocycles. The van der Waals surface area contributed by atoms with Gasteiger partial charge in [0.25, 0.3) is 0 Å². The molecule has 0 atom stereocenters. The summed E-state index contributed by atoms with van der Waals surface area (Å²) in [4.78, 5) is 4.41. The molecule has 0 aromatic carbocycles. The predicted molar refractivity (Wildman–Crippen MR) is 67.5 cm³/mol. The molecule has 86 valence electrons.